The van der Waals surface area contributed by atoms with E-state index in [1.165, 1.54) is 191 Å². The van der Waals surface area contributed by atoms with E-state index in [0.717, 1.165) is 47.3 Å². The van der Waals surface area contributed by atoms with Crippen molar-refractivity contribution in [2.24, 2.45) is 11.8 Å². The van der Waals surface area contributed by atoms with Crippen LogP contribution in [0, 0.1) is 11.8 Å². The molecule has 2 aliphatic heterocycles. The summed E-state index contributed by atoms with van der Waals surface area (Å²) in [6, 6.07) is 13.9. The fourth-order valence-electron chi connectivity index (χ4n) is 10.1. The highest BCUT2D eigenvalue weighted by Gasteiger charge is 2.27. The number of imide groups is 2. The van der Waals surface area contributed by atoms with E-state index in [0.29, 0.717) is 35.6 Å². The monoisotopic (exact) mass is 995 g/mol. The maximum Gasteiger partial charge on any atom is 0.407 e. The van der Waals surface area contributed by atoms with Gasteiger partial charge in [-0.15, -0.1) is 0 Å². The zero-order chi connectivity index (χ0) is 51.4. The van der Waals surface area contributed by atoms with Crippen LogP contribution < -0.4 is 20.4 Å². The van der Waals surface area contributed by atoms with Crippen LogP contribution in [0.25, 0.3) is 0 Å². The minimum absolute atomic E-state index is 0.0604. The van der Waals surface area contributed by atoms with Gasteiger partial charge in [-0.2, -0.15) is 0 Å². The van der Waals surface area contributed by atoms with E-state index in [2.05, 4.69) is 24.5 Å². The number of alkyl carbamates (subject to hydrolysis) is 2. The number of nitrogens with zero attached hydrogens (tertiary/aromatic N) is 2. The Labute approximate surface area is 432 Å². The lowest BCUT2D eigenvalue weighted by atomic mass is 9.78. The lowest BCUT2D eigenvalue weighted by Gasteiger charge is -2.28. The first-order valence-corrected chi connectivity index (χ1v) is 28.3. The number of anilines is 2. The third-order valence-electron chi connectivity index (χ3n) is 14.3. The number of ether oxygens (including phenoxy) is 2. The molecule has 4 rings (SSSR count). The summed E-state index contributed by atoms with van der Waals surface area (Å²) in [7, 11) is 0. The predicted molar refractivity (Wildman–Crippen MR) is 289 cm³/mol. The van der Waals surface area contributed by atoms with Gasteiger partial charge in [0.05, 0.1) is 11.4 Å². The molecule has 398 valence electrons. The molecule has 12 nitrogen and oxygen atoms in total. The van der Waals surface area contributed by atoms with Crippen molar-refractivity contribution in [2.75, 3.05) is 22.9 Å². The Morgan fingerprint density at radius 3 is 1.03 bits per heavy atom. The minimum atomic E-state index is -0.462. The van der Waals surface area contributed by atoms with E-state index >= 15 is 0 Å². The fraction of sp³-hybridized carbons (Fsp3) is 0.633. The van der Waals surface area contributed by atoms with Crippen LogP contribution in [0.1, 0.15) is 218 Å². The molecule has 2 aromatic rings. The molecule has 0 saturated heterocycles. The third-order valence-corrected chi connectivity index (χ3v) is 14.3. The third kappa shape index (κ3) is 24.0. The van der Waals surface area contributed by atoms with Gasteiger partial charge < -0.3 is 20.1 Å². The van der Waals surface area contributed by atoms with E-state index in [1.54, 1.807) is 48.5 Å². The van der Waals surface area contributed by atoms with Crippen molar-refractivity contribution in [1.82, 2.24) is 10.6 Å². The molecule has 12 heteroatoms. The maximum atomic E-state index is 12.4. The van der Waals surface area contributed by atoms with Gasteiger partial charge in [-0.25, -0.2) is 19.4 Å². The summed E-state index contributed by atoms with van der Waals surface area (Å²) in [6.45, 7) is 5.87. The molecule has 2 aliphatic rings. The molecule has 0 fully saturated rings. The lowest BCUT2D eigenvalue weighted by molar-refractivity contribution is -0.121. The van der Waals surface area contributed by atoms with Gasteiger partial charge in [-0.1, -0.05) is 218 Å². The van der Waals surface area contributed by atoms with Crippen molar-refractivity contribution < 1.29 is 38.2 Å². The highest BCUT2D eigenvalue weighted by atomic mass is 16.6. The molecule has 6 amide bonds. The zero-order valence-corrected chi connectivity index (χ0v) is 44.3. The molecule has 2 atom stereocenters. The molecule has 72 heavy (non-hydrogen) atoms. The molecule has 2 unspecified atom stereocenters. The van der Waals surface area contributed by atoms with Gasteiger partial charge in [0.1, 0.15) is 13.2 Å². The second-order valence-electron chi connectivity index (χ2n) is 20.2. The molecule has 0 radical (unpaired) electrons. The normalized spacial score (nSPS) is 14.1. The summed E-state index contributed by atoms with van der Waals surface area (Å²) >= 11 is 0. The van der Waals surface area contributed by atoms with Crippen molar-refractivity contribution in [3.8, 4) is 0 Å². The molecule has 0 bridgehead atoms. The predicted octanol–water partition coefficient (Wildman–Crippen LogP) is 14.7. The van der Waals surface area contributed by atoms with Crippen molar-refractivity contribution in [3.05, 3.63) is 84.0 Å². The largest absolute Gasteiger partial charge is 0.445 e. The smallest absolute Gasteiger partial charge is 0.407 e. The van der Waals surface area contributed by atoms with Crippen LogP contribution in [-0.2, 0) is 41.9 Å². The number of hydrogen-bond acceptors (Lipinski definition) is 8. The highest BCUT2D eigenvalue weighted by Crippen LogP contribution is 2.34. The summed E-state index contributed by atoms with van der Waals surface area (Å²) < 4.78 is 10.8. The molecular formula is C60H90N4O8. The van der Waals surface area contributed by atoms with Crippen LogP contribution in [0.2, 0.25) is 0 Å². The number of unbranched alkanes of at least 4 members (excludes halogenated alkanes) is 22. The van der Waals surface area contributed by atoms with E-state index < -0.39 is 12.2 Å². The average molecular weight is 995 g/mol. The second-order valence-corrected chi connectivity index (χ2v) is 20.2. The topological polar surface area (TPSA) is 151 Å². The van der Waals surface area contributed by atoms with Crippen molar-refractivity contribution in [1.29, 1.82) is 0 Å². The Morgan fingerprint density at radius 1 is 0.417 bits per heavy atom. The Hall–Kier alpha value is -5.26. The van der Waals surface area contributed by atoms with Gasteiger partial charge in [0.2, 0.25) is 0 Å². The molecule has 2 N–H and O–H groups in total. The Morgan fingerprint density at radius 2 is 0.708 bits per heavy atom. The highest BCUT2D eigenvalue weighted by molar-refractivity contribution is 6.28. The molecule has 0 saturated carbocycles. The number of nitrogens with one attached hydrogen (secondary N) is 2. The minimum Gasteiger partial charge on any atom is -0.445 e. The molecule has 0 aliphatic carbocycles. The van der Waals surface area contributed by atoms with Gasteiger partial charge >= 0.3 is 12.2 Å². The zero-order valence-electron chi connectivity index (χ0n) is 44.3. The van der Waals surface area contributed by atoms with E-state index in [-0.39, 0.29) is 36.8 Å². The van der Waals surface area contributed by atoms with Crippen LogP contribution in [0.15, 0.2) is 72.8 Å². The van der Waals surface area contributed by atoms with Gasteiger partial charge in [0.15, 0.2) is 0 Å². The van der Waals surface area contributed by atoms with E-state index in [4.69, 9.17) is 9.47 Å². The van der Waals surface area contributed by atoms with E-state index in [1.807, 2.05) is 0 Å². The number of benzene rings is 2. The van der Waals surface area contributed by atoms with Crippen molar-refractivity contribution >= 4 is 47.2 Å². The van der Waals surface area contributed by atoms with Crippen LogP contribution in [-0.4, -0.2) is 48.9 Å². The number of carbonyl (C=O) groups excluding carboxylic acids is 6. The standard InChI is InChI=1S/C60H90N4O8/c1-3-5-7-9-17-23-33-51(35-25-19-13-11-15-21-27-43-61-59(69)71-47-49-31-29-37-53(45-49)63-55(65)39-40-56(63)66)52(34-24-18-10-8-6-4-2)36-26-20-14-12-16-22-28-44-62-60(70)72-48-50-32-30-38-54(46-50)64-57(67)41-42-58(64)68/h29-32,37-42,45-46,51-52H,3-28,33-36,43-44,47-48H2,1-2H3,(H,61,69)(H,62,70). The molecular weight excluding hydrogens is 905 g/mol. The van der Waals surface area contributed by atoms with Gasteiger partial charge in [-0.05, 0) is 60.1 Å². The van der Waals surface area contributed by atoms with Crippen LogP contribution >= 0.6 is 0 Å². The molecule has 0 aromatic heterocycles. The first-order chi connectivity index (χ1) is 35.2. The van der Waals surface area contributed by atoms with Gasteiger partial charge in [-0.3, -0.25) is 19.2 Å². The fourth-order valence-corrected chi connectivity index (χ4v) is 10.1. The summed E-state index contributed by atoms with van der Waals surface area (Å²) in [5.74, 6) is 0.168. The van der Waals surface area contributed by atoms with E-state index in [9.17, 15) is 28.8 Å². The first-order valence-electron chi connectivity index (χ1n) is 28.3. The van der Waals surface area contributed by atoms with Gasteiger partial charge in [0.25, 0.3) is 23.6 Å². The Bertz CT molecular complexity index is 1810. The van der Waals surface area contributed by atoms with Crippen LogP contribution in [0.3, 0.4) is 0 Å². The maximum absolute atomic E-state index is 12.4. The molecule has 2 aromatic carbocycles. The number of hydrogen-bond donors (Lipinski definition) is 2. The SMILES string of the molecule is CCCCCCCCC(CCCCCCCCCNC(=O)OCc1cccc(N2C(=O)C=CC2=O)c1)C(CCCCCCCC)CCCCCCCCCNC(=O)OCc1cccc(N2C(=O)C=CC2=O)c1. The van der Waals surface area contributed by atoms with Crippen molar-refractivity contribution in [2.45, 2.75) is 220 Å². The molecule has 2 heterocycles. The summed E-state index contributed by atoms with van der Waals surface area (Å²) in [5.41, 5.74) is 2.34. The average Bonchev–Trinajstić information content (AvgIpc) is 3.91. The van der Waals surface area contributed by atoms with Crippen LogP contribution in [0.4, 0.5) is 21.0 Å². The summed E-state index contributed by atoms with van der Waals surface area (Å²) in [5, 5.41) is 5.72. The molecule has 0 spiro atoms. The number of rotatable bonds is 41. The second kappa shape index (κ2) is 36.6. The van der Waals surface area contributed by atoms with Gasteiger partial charge in [0, 0.05) is 37.4 Å². The Balaban J connectivity index is 1.08. The summed E-state index contributed by atoms with van der Waals surface area (Å²) in [4.78, 5) is 75.1. The number of carbonyl (C=O) groups is 6. The lowest BCUT2D eigenvalue weighted by Crippen LogP contribution is -2.29. The summed E-state index contributed by atoms with van der Waals surface area (Å²) in [6.07, 6.45) is 42.5. The Kier molecular flexibility index (Phi) is 30.2. The first kappa shape index (κ1) is 59.3. The number of amides is 6. The van der Waals surface area contributed by atoms with Crippen LogP contribution in [0.5, 0.6) is 0 Å². The quantitative estimate of drug-likeness (QED) is 0.0493. The van der Waals surface area contributed by atoms with Crippen molar-refractivity contribution in [3.63, 3.8) is 0 Å².